The van der Waals surface area contributed by atoms with E-state index in [1.54, 1.807) is 7.11 Å². The van der Waals surface area contributed by atoms with Gasteiger partial charge in [0, 0.05) is 29.8 Å². The molecule has 1 aromatic carbocycles. The molecule has 1 aliphatic rings. The predicted molar refractivity (Wildman–Crippen MR) is 87.2 cm³/mol. The first-order valence-electron chi connectivity index (χ1n) is 7.89. The summed E-state index contributed by atoms with van der Waals surface area (Å²) in [6, 6.07) is 6.17. The Morgan fingerprint density at radius 3 is 2.81 bits per heavy atom. The Labute approximate surface area is 133 Å². The molecule has 1 atom stereocenters. The number of halogens is 1. The molecule has 1 saturated heterocycles. The topological polar surface area (TPSA) is 30.5 Å². The van der Waals surface area contributed by atoms with Gasteiger partial charge in [-0.15, -0.1) is 0 Å². The third-order valence-corrected chi connectivity index (χ3v) is 4.35. The second-order valence-corrected chi connectivity index (χ2v) is 6.12. The van der Waals surface area contributed by atoms with Crippen LogP contribution in [0.4, 0.5) is 0 Å². The standard InChI is InChI=1S/C17H26ClNO2/c1-3-8-19-16(11-13-6-9-21-10-7-13)15-12-14(18)4-5-17(15)20-2/h4-5,12-13,16,19H,3,6-11H2,1-2H3. The van der Waals surface area contributed by atoms with Crippen molar-refractivity contribution in [3.63, 3.8) is 0 Å². The molecule has 0 bridgehead atoms. The maximum absolute atomic E-state index is 6.19. The van der Waals surface area contributed by atoms with Gasteiger partial charge in [-0.25, -0.2) is 0 Å². The van der Waals surface area contributed by atoms with Crippen LogP contribution in [-0.4, -0.2) is 26.9 Å². The number of benzene rings is 1. The molecule has 0 saturated carbocycles. The smallest absolute Gasteiger partial charge is 0.123 e. The minimum atomic E-state index is 0.293. The fourth-order valence-corrected chi connectivity index (χ4v) is 3.11. The van der Waals surface area contributed by atoms with Crippen LogP contribution in [0.1, 0.15) is 44.2 Å². The van der Waals surface area contributed by atoms with Gasteiger partial charge in [0.1, 0.15) is 5.75 Å². The molecule has 118 valence electrons. The highest BCUT2D eigenvalue weighted by molar-refractivity contribution is 6.30. The van der Waals surface area contributed by atoms with E-state index >= 15 is 0 Å². The van der Waals surface area contributed by atoms with Gasteiger partial charge in [0.2, 0.25) is 0 Å². The van der Waals surface area contributed by atoms with Crippen LogP contribution >= 0.6 is 11.6 Å². The number of hydrogen-bond donors (Lipinski definition) is 1. The molecule has 0 spiro atoms. The maximum Gasteiger partial charge on any atom is 0.123 e. The molecule has 0 aromatic heterocycles. The molecule has 0 radical (unpaired) electrons. The third-order valence-electron chi connectivity index (χ3n) is 4.12. The van der Waals surface area contributed by atoms with Crippen LogP contribution in [0, 0.1) is 5.92 Å². The van der Waals surface area contributed by atoms with Crippen molar-refractivity contribution in [2.45, 2.75) is 38.6 Å². The number of hydrogen-bond acceptors (Lipinski definition) is 3. The molecule has 3 nitrogen and oxygen atoms in total. The normalized spacial score (nSPS) is 17.7. The summed E-state index contributed by atoms with van der Waals surface area (Å²) >= 11 is 6.19. The van der Waals surface area contributed by atoms with Crippen LogP contribution in [0.15, 0.2) is 18.2 Å². The number of rotatable bonds is 7. The summed E-state index contributed by atoms with van der Waals surface area (Å²) in [7, 11) is 1.72. The van der Waals surface area contributed by atoms with E-state index in [9.17, 15) is 0 Å². The molecular formula is C17H26ClNO2. The molecule has 1 unspecified atom stereocenters. The van der Waals surface area contributed by atoms with E-state index in [4.69, 9.17) is 21.1 Å². The van der Waals surface area contributed by atoms with E-state index in [-0.39, 0.29) is 0 Å². The number of nitrogens with one attached hydrogen (secondary N) is 1. The predicted octanol–water partition coefficient (Wildman–Crippen LogP) is 4.21. The Hall–Kier alpha value is -0.770. The molecule has 1 heterocycles. The lowest BCUT2D eigenvalue weighted by Gasteiger charge is -2.28. The number of ether oxygens (including phenoxy) is 2. The number of methoxy groups -OCH3 is 1. The van der Waals surface area contributed by atoms with Crippen molar-refractivity contribution < 1.29 is 9.47 Å². The minimum Gasteiger partial charge on any atom is -0.496 e. The second-order valence-electron chi connectivity index (χ2n) is 5.68. The average molecular weight is 312 g/mol. The first-order valence-corrected chi connectivity index (χ1v) is 8.27. The van der Waals surface area contributed by atoms with Crippen LogP contribution in [0.25, 0.3) is 0 Å². The minimum absolute atomic E-state index is 0.293. The van der Waals surface area contributed by atoms with Crippen molar-refractivity contribution in [3.05, 3.63) is 28.8 Å². The summed E-state index contributed by atoms with van der Waals surface area (Å²) in [5.41, 5.74) is 1.17. The largest absolute Gasteiger partial charge is 0.496 e. The van der Waals surface area contributed by atoms with Crippen LogP contribution in [0.2, 0.25) is 5.02 Å². The van der Waals surface area contributed by atoms with Crippen LogP contribution in [0.3, 0.4) is 0 Å². The van der Waals surface area contributed by atoms with Crippen molar-refractivity contribution in [1.82, 2.24) is 5.32 Å². The fraction of sp³-hybridized carbons (Fsp3) is 0.647. The zero-order valence-electron chi connectivity index (χ0n) is 13.0. The van der Waals surface area contributed by atoms with E-state index in [2.05, 4.69) is 12.2 Å². The van der Waals surface area contributed by atoms with Gasteiger partial charge in [0.05, 0.1) is 7.11 Å². The Bertz CT molecular complexity index is 433. The molecule has 2 rings (SSSR count). The SMILES string of the molecule is CCCNC(CC1CCOCC1)c1cc(Cl)ccc1OC. The Kier molecular flexibility index (Phi) is 6.81. The first-order chi connectivity index (χ1) is 10.2. The van der Waals surface area contributed by atoms with Crippen molar-refractivity contribution >= 4 is 11.6 Å². The highest BCUT2D eigenvalue weighted by atomic mass is 35.5. The maximum atomic E-state index is 6.19. The Balaban J connectivity index is 2.15. The van der Waals surface area contributed by atoms with Crippen LogP contribution < -0.4 is 10.1 Å². The van der Waals surface area contributed by atoms with E-state index in [0.29, 0.717) is 12.0 Å². The van der Waals surface area contributed by atoms with Crippen LogP contribution in [0.5, 0.6) is 5.75 Å². The molecule has 1 N–H and O–H groups in total. The molecule has 0 amide bonds. The zero-order chi connectivity index (χ0) is 15.1. The van der Waals surface area contributed by atoms with Crippen LogP contribution in [-0.2, 0) is 4.74 Å². The Morgan fingerprint density at radius 1 is 1.38 bits per heavy atom. The summed E-state index contributed by atoms with van der Waals surface area (Å²) in [5, 5.41) is 4.42. The van der Waals surface area contributed by atoms with Crippen molar-refractivity contribution in [3.8, 4) is 5.75 Å². The van der Waals surface area contributed by atoms with Gasteiger partial charge in [-0.3, -0.25) is 0 Å². The first kappa shape index (κ1) is 16.6. The highest BCUT2D eigenvalue weighted by Crippen LogP contribution is 2.34. The van der Waals surface area contributed by atoms with E-state index in [1.807, 2.05) is 18.2 Å². The zero-order valence-corrected chi connectivity index (χ0v) is 13.8. The van der Waals surface area contributed by atoms with Gasteiger partial charge in [-0.1, -0.05) is 18.5 Å². The average Bonchev–Trinajstić information content (AvgIpc) is 2.52. The highest BCUT2D eigenvalue weighted by Gasteiger charge is 2.22. The molecular weight excluding hydrogens is 286 g/mol. The van der Waals surface area contributed by atoms with Gasteiger partial charge >= 0.3 is 0 Å². The molecule has 4 heteroatoms. The van der Waals surface area contributed by atoms with Gasteiger partial charge in [0.15, 0.2) is 0 Å². The molecule has 0 aliphatic carbocycles. The molecule has 21 heavy (non-hydrogen) atoms. The van der Waals surface area contributed by atoms with Crippen molar-refractivity contribution in [1.29, 1.82) is 0 Å². The summed E-state index contributed by atoms with van der Waals surface area (Å²) < 4.78 is 11.0. The summed E-state index contributed by atoms with van der Waals surface area (Å²) in [5.74, 6) is 1.62. The molecule has 1 aromatic rings. The van der Waals surface area contributed by atoms with E-state index in [0.717, 1.165) is 56.2 Å². The lowest BCUT2D eigenvalue weighted by molar-refractivity contribution is 0.0604. The van der Waals surface area contributed by atoms with Gasteiger partial charge in [-0.05, 0) is 56.3 Å². The second kappa shape index (κ2) is 8.62. The van der Waals surface area contributed by atoms with Gasteiger partial charge in [0.25, 0.3) is 0 Å². The molecule has 1 fully saturated rings. The summed E-state index contributed by atoms with van der Waals surface area (Å²) in [6.45, 7) is 4.97. The van der Waals surface area contributed by atoms with Crippen molar-refractivity contribution in [2.75, 3.05) is 26.9 Å². The van der Waals surface area contributed by atoms with Gasteiger partial charge in [-0.2, -0.15) is 0 Å². The lowest BCUT2D eigenvalue weighted by Crippen LogP contribution is -2.27. The fourth-order valence-electron chi connectivity index (χ4n) is 2.93. The Morgan fingerprint density at radius 2 is 2.14 bits per heavy atom. The monoisotopic (exact) mass is 311 g/mol. The summed E-state index contributed by atoms with van der Waals surface area (Å²) in [6.07, 6.45) is 4.52. The van der Waals surface area contributed by atoms with Gasteiger partial charge < -0.3 is 14.8 Å². The van der Waals surface area contributed by atoms with Crippen molar-refractivity contribution in [2.24, 2.45) is 5.92 Å². The van der Waals surface area contributed by atoms with E-state index in [1.165, 1.54) is 5.56 Å². The molecule has 1 aliphatic heterocycles. The third kappa shape index (κ3) is 4.87. The lowest BCUT2D eigenvalue weighted by atomic mass is 9.89. The van der Waals surface area contributed by atoms with E-state index < -0.39 is 0 Å². The summed E-state index contributed by atoms with van der Waals surface area (Å²) in [4.78, 5) is 0. The quantitative estimate of drug-likeness (QED) is 0.818.